The second-order valence-electron chi connectivity index (χ2n) is 6.39. The molecule has 3 rings (SSSR count). The molecule has 26 heavy (non-hydrogen) atoms. The molecule has 3 aromatic rings. The van der Waals surface area contributed by atoms with Crippen LogP contribution < -0.4 is 9.58 Å². The summed E-state index contributed by atoms with van der Waals surface area (Å²) in [5.41, 5.74) is 7.31. The topological polar surface area (TPSA) is 46.7 Å². The van der Waals surface area contributed by atoms with Crippen LogP contribution in [-0.4, -0.2) is 11.6 Å². The quantitative estimate of drug-likeness (QED) is 0.674. The Morgan fingerprint density at radius 1 is 1.15 bits per heavy atom. The van der Waals surface area contributed by atoms with Crippen LogP contribution in [0, 0.1) is 25.2 Å². The largest absolute Gasteiger partial charge is 0.341 e. The molecule has 5 heteroatoms. The number of aromatic nitrogens is 2. The Labute approximate surface area is 159 Å². The van der Waals surface area contributed by atoms with Gasteiger partial charge in [-0.3, -0.25) is 0 Å². The van der Waals surface area contributed by atoms with Crippen molar-refractivity contribution in [1.29, 1.82) is 5.26 Å². The molecule has 1 heterocycles. The van der Waals surface area contributed by atoms with Crippen LogP contribution in [0.15, 0.2) is 42.6 Å². The molecule has 2 aromatic carbocycles. The maximum Gasteiger partial charge on any atom is 0.240 e. The van der Waals surface area contributed by atoms with E-state index in [1.165, 1.54) is 16.8 Å². The highest BCUT2D eigenvalue weighted by molar-refractivity contribution is 6.32. The smallest absolute Gasteiger partial charge is 0.240 e. The summed E-state index contributed by atoms with van der Waals surface area (Å²) in [5, 5.41) is 12.8. The first-order valence-electron chi connectivity index (χ1n) is 8.58. The van der Waals surface area contributed by atoms with Crippen LogP contribution in [0.4, 0.5) is 11.4 Å². The van der Waals surface area contributed by atoms with Gasteiger partial charge in [0.15, 0.2) is 7.05 Å². The number of H-pyrrole nitrogens is 1. The number of halogens is 1. The lowest BCUT2D eigenvalue weighted by Crippen LogP contribution is -2.32. The third-order valence-electron chi connectivity index (χ3n) is 4.66. The van der Waals surface area contributed by atoms with Crippen LogP contribution in [0.2, 0.25) is 5.02 Å². The Kier molecular flexibility index (Phi) is 5.01. The second kappa shape index (κ2) is 7.23. The fourth-order valence-electron chi connectivity index (χ4n) is 3.31. The highest BCUT2D eigenvalue weighted by Crippen LogP contribution is 2.34. The molecule has 0 aliphatic carbocycles. The van der Waals surface area contributed by atoms with Gasteiger partial charge in [0, 0.05) is 23.5 Å². The minimum atomic E-state index is 0.477. The van der Waals surface area contributed by atoms with E-state index in [1.54, 1.807) is 6.07 Å². The predicted octanol–water partition coefficient (Wildman–Crippen LogP) is 4.81. The zero-order valence-corrected chi connectivity index (χ0v) is 16.2. The average molecular weight is 366 g/mol. The number of anilines is 2. The Morgan fingerprint density at radius 2 is 1.92 bits per heavy atom. The van der Waals surface area contributed by atoms with Crippen molar-refractivity contribution in [2.24, 2.45) is 7.05 Å². The van der Waals surface area contributed by atoms with Crippen molar-refractivity contribution in [3.63, 3.8) is 0 Å². The van der Waals surface area contributed by atoms with E-state index in [9.17, 15) is 0 Å². The van der Waals surface area contributed by atoms with Gasteiger partial charge in [-0.2, -0.15) is 10.4 Å². The lowest BCUT2D eigenvalue weighted by atomic mass is 10.0. The van der Waals surface area contributed by atoms with Crippen molar-refractivity contribution < 1.29 is 4.68 Å². The zero-order chi connectivity index (χ0) is 18.8. The Bertz CT molecular complexity index is 978. The molecule has 0 atom stereocenters. The van der Waals surface area contributed by atoms with E-state index in [0.29, 0.717) is 10.6 Å². The molecule has 0 aliphatic heterocycles. The SMILES string of the molecule is CCN(c1ccc(C#N)c(Cl)c1)c1cc(-c2c(C)c[nH][n+]2C)ccc1C. The van der Waals surface area contributed by atoms with Gasteiger partial charge in [-0.15, -0.1) is 4.68 Å². The molecule has 0 aliphatic rings. The molecule has 132 valence electrons. The fourth-order valence-corrected chi connectivity index (χ4v) is 3.53. The third kappa shape index (κ3) is 3.18. The summed E-state index contributed by atoms with van der Waals surface area (Å²) in [6.45, 7) is 7.12. The number of hydrogen-bond donors (Lipinski definition) is 1. The first-order chi connectivity index (χ1) is 12.5. The van der Waals surface area contributed by atoms with Gasteiger partial charge in [0.2, 0.25) is 5.69 Å². The fraction of sp³-hybridized carbons (Fsp3) is 0.238. The molecule has 0 fully saturated rings. The lowest BCUT2D eigenvalue weighted by Gasteiger charge is -2.26. The number of rotatable bonds is 4. The van der Waals surface area contributed by atoms with Gasteiger partial charge >= 0.3 is 0 Å². The molecular weight excluding hydrogens is 344 g/mol. The summed E-state index contributed by atoms with van der Waals surface area (Å²) in [5.74, 6) is 0. The van der Waals surface area contributed by atoms with Crippen LogP contribution in [-0.2, 0) is 7.05 Å². The summed E-state index contributed by atoms with van der Waals surface area (Å²) in [4.78, 5) is 2.22. The molecule has 4 nitrogen and oxygen atoms in total. The minimum Gasteiger partial charge on any atom is -0.341 e. The van der Waals surface area contributed by atoms with Gasteiger partial charge in [-0.05, 0) is 56.7 Å². The van der Waals surface area contributed by atoms with Crippen molar-refractivity contribution in [1.82, 2.24) is 5.10 Å². The number of hydrogen-bond acceptors (Lipinski definition) is 2. The van der Waals surface area contributed by atoms with Gasteiger partial charge in [0.05, 0.1) is 22.3 Å². The normalized spacial score (nSPS) is 10.6. The van der Waals surface area contributed by atoms with E-state index >= 15 is 0 Å². The van der Waals surface area contributed by atoms with Gasteiger partial charge in [0.1, 0.15) is 6.07 Å². The van der Waals surface area contributed by atoms with Crippen molar-refractivity contribution in [3.8, 4) is 17.3 Å². The Balaban J connectivity index is 2.11. The average Bonchev–Trinajstić information content (AvgIpc) is 2.96. The van der Waals surface area contributed by atoms with E-state index < -0.39 is 0 Å². The van der Waals surface area contributed by atoms with Crippen molar-refractivity contribution >= 4 is 23.0 Å². The highest BCUT2D eigenvalue weighted by atomic mass is 35.5. The first-order valence-corrected chi connectivity index (χ1v) is 8.96. The second-order valence-corrected chi connectivity index (χ2v) is 6.79. The van der Waals surface area contributed by atoms with Gasteiger partial charge in [-0.1, -0.05) is 17.7 Å². The molecule has 1 aromatic heterocycles. The molecule has 0 saturated carbocycles. The Morgan fingerprint density at radius 3 is 2.50 bits per heavy atom. The number of aryl methyl sites for hydroxylation is 3. The molecule has 0 saturated heterocycles. The number of nitrogens with zero attached hydrogens (tertiary/aromatic N) is 3. The van der Waals surface area contributed by atoms with Crippen molar-refractivity contribution in [2.75, 3.05) is 11.4 Å². The monoisotopic (exact) mass is 365 g/mol. The van der Waals surface area contributed by atoms with E-state index in [0.717, 1.165) is 23.5 Å². The molecule has 0 radical (unpaired) electrons. The minimum absolute atomic E-state index is 0.477. The van der Waals surface area contributed by atoms with E-state index in [2.05, 4.69) is 55.0 Å². The van der Waals surface area contributed by atoms with Gasteiger partial charge < -0.3 is 4.90 Å². The number of nitriles is 1. The summed E-state index contributed by atoms with van der Waals surface area (Å²) in [6, 6.07) is 14.2. The van der Waals surface area contributed by atoms with Gasteiger partial charge in [0.25, 0.3) is 0 Å². The van der Waals surface area contributed by atoms with Crippen LogP contribution in [0.3, 0.4) is 0 Å². The number of nitrogens with one attached hydrogen (secondary N) is 1. The zero-order valence-electron chi connectivity index (χ0n) is 15.5. The van der Waals surface area contributed by atoms with Crippen molar-refractivity contribution in [2.45, 2.75) is 20.8 Å². The summed E-state index contributed by atoms with van der Waals surface area (Å²) in [7, 11) is 2.01. The van der Waals surface area contributed by atoms with Gasteiger partial charge in [-0.25, -0.2) is 0 Å². The molecular formula is C21H22ClN4+. The van der Waals surface area contributed by atoms with E-state index in [1.807, 2.05) is 30.1 Å². The molecule has 0 amide bonds. The summed E-state index contributed by atoms with van der Waals surface area (Å²) >= 11 is 6.26. The Hall–Kier alpha value is -2.77. The highest BCUT2D eigenvalue weighted by Gasteiger charge is 2.19. The van der Waals surface area contributed by atoms with Crippen LogP contribution >= 0.6 is 11.6 Å². The predicted molar refractivity (Wildman–Crippen MR) is 106 cm³/mol. The van der Waals surface area contributed by atoms with E-state index in [4.69, 9.17) is 16.9 Å². The number of aromatic amines is 1. The summed E-state index contributed by atoms with van der Waals surface area (Å²) in [6.07, 6.45) is 2.01. The van der Waals surface area contributed by atoms with Crippen LogP contribution in [0.5, 0.6) is 0 Å². The molecule has 0 unspecified atom stereocenters. The van der Waals surface area contributed by atoms with Crippen molar-refractivity contribution in [3.05, 3.63) is 64.3 Å². The molecule has 0 spiro atoms. The van der Waals surface area contributed by atoms with E-state index in [-0.39, 0.29) is 0 Å². The lowest BCUT2D eigenvalue weighted by molar-refractivity contribution is -0.716. The molecule has 1 N–H and O–H groups in total. The summed E-state index contributed by atoms with van der Waals surface area (Å²) < 4.78 is 2.03. The maximum atomic E-state index is 9.11. The molecule has 0 bridgehead atoms. The third-order valence-corrected chi connectivity index (χ3v) is 4.97. The first kappa shape index (κ1) is 18.0. The number of benzene rings is 2. The van der Waals surface area contributed by atoms with Crippen LogP contribution in [0.25, 0.3) is 11.3 Å². The maximum absolute atomic E-state index is 9.11. The standard InChI is InChI=1S/C21H21ClN4/c1-5-26(18-9-8-17(12-23)19(22)11-18)20-10-16(7-6-14(20)2)21-15(3)13-24-25(21)4/h6-11,13H,5H2,1-4H3/p+1. The van der Waals surface area contributed by atoms with Crippen LogP contribution in [0.1, 0.15) is 23.6 Å².